The van der Waals surface area contributed by atoms with E-state index in [1.165, 1.54) is 5.56 Å². The summed E-state index contributed by atoms with van der Waals surface area (Å²) in [5, 5.41) is 0. The van der Waals surface area contributed by atoms with E-state index in [1.54, 1.807) is 0 Å². The van der Waals surface area contributed by atoms with Crippen LogP contribution in [0, 0.1) is 71.5 Å². The van der Waals surface area contributed by atoms with E-state index in [1.807, 2.05) is 12.1 Å². The zero-order valence-corrected chi connectivity index (χ0v) is 12.9. The van der Waals surface area contributed by atoms with Crippen LogP contribution in [0.3, 0.4) is 0 Å². The maximum Gasteiger partial charge on any atom is 0.0255 e. The third-order valence-electron chi connectivity index (χ3n) is 2.53. The molecule has 0 radical (unpaired) electrons. The molecular weight excluding hydrogens is 264 g/mol. The zero-order valence-electron chi connectivity index (χ0n) is 12.9. The fourth-order valence-electron chi connectivity index (χ4n) is 1.41. The van der Waals surface area contributed by atoms with Crippen LogP contribution >= 0.6 is 0 Å². The molecule has 0 saturated heterocycles. The van der Waals surface area contributed by atoms with Crippen LogP contribution in [0.2, 0.25) is 0 Å². The van der Waals surface area contributed by atoms with Gasteiger partial charge in [-0.1, -0.05) is 38.8 Å². The van der Waals surface area contributed by atoms with Crippen LogP contribution in [0.5, 0.6) is 0 Å². The molecule has 0 aliphatic carbocycles. The van der Waals surface area contributed by atoms with Gasteiger partial charge in [-0.25, -0.2) is 0 Å². The van der Waals surface area contributed by atoms with Gasteiger partial charge in [0.1, 0.15) is 0 Å². The Morgan fingerprint density at radius 1 is 0.727 bits per heavy atom. The third-order valence-corrected chi connectivity index (χ3v) is 2.53. The molecule has 0 fully saturated rings. The summed E-state index contributed by atoms with van der Waals surface area (Å²) in [6, 6.07) is 8.17. The van der Waals surface area contributed by atoms with E-state index in [-0.39, 0.29) is 22.5 Å². The van der Waals surface area contributed by atoms with Crippen LogP contribution in [0.4, 0.5) is 0 Å². The molecule has 0 heterocycles. The van der Waals surface area contributed by atoms with Gasteiger partial charge in [-0.2, -0.15) is 0 Å². The van der Waals surface area contributed by atoms with Crippen LogP contribution in [-0.4, -0.2) is 0 Å². The molecule has 0 atom stereocenters. The van der Waals surface area contributed by atoms with Crippen molar-refractivity contribution < 1.29 is 17.1 Å². The Balaban J connectivity index is -0.0000000403. The number of rotatable bonds is 0. The molecule has 0 aliphatic heterocycles. The topological polar surface area (TPSA) is 0 Å². The molecule has 0 unspecified atom stereocenters. The van der Waals surface area contributed by atoms with Gasteiger partial charge in [0.2, 0.25) is 0 Å². The van der Waals surface area contributed by atoms with Crippen molar-refractivity contribution in [3.05, 3.63) is 35.4 Å². The van der Waals surface area contributed by atoms with Gasteiger partial charge in [0.25, 0.3) is 0 Å². The molecule has 0 amide bonds. The number of benzene rings is 1. The Morgan fingerprint density at radius 3 is 1.64 bits per heavy atom. The molecule has 0 aliphatic rings. The Hall–Kier alpha value is -3.42. The second-order valence-corrected chi connectivity index (χ2v) is 5.22. The average molecular weight is 303 g/mol. The molecule has 0 saturated carbocycles. The lowest BCUT2D eigenvalue weighted by molar-refractivity contribution is 0.590. The molecule has 0 heteroatoms. The largest absolute Gasteiger partial charge is 0.106 e. The molecule has 1 aromatic carbocycles. The van der Waals surface area contributed by atoms with Crippen molar-refractivity contribution in [3.8, 4) is 71.5 Å². The quantitative estimate of drug-likeness (QED) is 0.521. The first kappa shape index (κ1) is 16.6. The van der Waals surface area contributed by atoms with Gasteiger partial charge >= 0.3 is 0 Å². The van der Waals surface area contributed by atoms with Crippen molar-refractivity contribution in [2.75, 3.05) is 0 Å². The van der Waals surface area contributed by atoms with E-state index in [2.05, 4.69) is 98.0 Å². The van der Waals surface area contributed by atoms with Crippen LogP contribution < -0.4 is 0 Å². The first-order valence-electron chi connectivity index (χ1n) is 6.61. The number of terminal acetylenes is 1. The summed E-state index contributed by atoms with van der Waals surface area (Å²) >= 11 is 0. The Bertz CT molecular complexity index is 900. The summed E-state index contributed by atoms with van der Waals surface area (Å²) in [6.45, 7) is 6.54. The normalized spacial score (nSPS) is 7.73. The molecule has 126 valence electrons. The lowest BCUT2D eigenvalue weighted by atomic mass is 9.87. The summed E-state index contributed by atoms with van der Waals surface area (Å²) in [4.78, 5) is 0. The molecule has 1 aromatic rings. The van der Waals surface area contributed by atoms with Crippen molar-refractivity contribution in [1.29, 1.82) is 0 Å². The summed E-state index contributed by atoms with van der Waals surface area (Å²) in [7, 11) is 0. The predicted octanol–water partition coefficient (Wildman–Crippen LogP) is 5.93. The third kappa shape index (κ3) is 6.66. The van der Waals surface area contributed by atoms with Gasteiger partial charge in [0, 0.05) is 22.7 Å². The summed E-state index contributed by atoms with van der Waals surface area (Å²) in [5.74, 6) is 28.1. The highest BCUT2D eigenvalue weighted by Gasteiger charge is 2.12. The Kier molecular flexibility index (Phi) is 6.57. The van der Waals surface area contributed by atoms with Gasteiger partial charge in [-0.3, -0.25) is 0 Å². The highest BCUT2D eigenvalue weighted by atomic mass is 14.2. The van der Waals surface area contributed by atoms with Gasteiger partial charge in [0.15, 0.2) is 0 Å². The van der Waals surface area contributed by atoms with Gasteiger partial charge in [-0.05, 0) is 82.3 Å². The van der Waals surface area contributed by atoms with Gasteiger partial charge in [0.05, 0.1) is 0 Å². The fourth-order valence-corrected chi connectivity index (χ4v) is 1.41. The van der Waals surface area contributed by atoms with Crippen molar-refractivity contribution in [2.24, 2.45) is 0 Å². The van der Waals surface area contributed by atoms with Crippen molar-refractivity contribution in [3.63, 3.8) is 0 Å². The van der Waals surface area contributed by atoms with E-state index < -0.39 is 0 Å². The monoisotopic (exact) mass is 302 g/mol. The SMILES string of the molecule is C#CC#CC#CC#CC#CC#Cc1ccc(C(C)(C)C)cc1.[HH].[HH].[HH].[HH].[HH].[HH].[HH].[HH].[HH].[HH].[HH].[HH]. The second kappa shape index (κ2) is 8.69. The lowest BCUT2D eigenvalue weighted by Gasteiger charge is -2.18. The summed E-state index contributed by atoms with van der Waals surface area (Å²) in [6.07, 6.45) is 4.94. The van der Waals surface area contributed by atoms with Gasteiger partial charge in [-0.15, -0.1) is 6.42 Å². The summed E-state index contributed by atoms with van der Waals surface area (Å²) < 4.78 is 0. The summed E-state index contributed by atoms with van der Waals surface area (Å²) in [5.41, 5.74) is 2.36. The molecule has 0 N–H and O–H groups in total. The minimum Gasteiger partial charge on any atom is -0.106 e. The molecule has 22 heavy (non-hydrogen) atoms. The maximum absolute atomic E-state index is 4.94. The van der Waals surface area contributed by atoms with Crippen LogP contribution in [0.15, 0.2) is 24.3 Å². The van der Waals surface area contributed by atoms with Crippen molar-refractivity contribution in [2.45, 2.75) is 26.2 Å². The maximum atomic E-state index is 4.94. The van der Waals surface area contributed by atoms with Crippen LogP contribution in [-0.2, 0) is 5.41 Å². The van der Waals surface area contributed by atoms with Gasteiger partial charge < -0.3 is 0 Å². The molecule has 0 spiro atoms. The number of hydrogen-bond acceptors (Lipinski definition) is 0. The molecule has 0 nitrogen and oxygen atoms in total. The van der Waals surface area contributed by atoms with E-state index in [0.29, 0.717) is 0 Å². The molecular formula is C22H38. The first-order valence-corrected chi connectivity index (χ1v) is 6.61. The van der Waals surface area contributed by atoms with Crippen LogP contribution in [0.1, 0.15) is 49.0 Å². The van der Waals surface area contributed by atoms with E-state index >= 15 is 0 Å². The minimum atomic E-state index is 0. The van der Waals surface area contributed by atoms with E-state index in [0.717, 1.165) is 5.56 Å². The minimum absolute atomic E-state index is 0. The fraction of sp³-hybridized carbons (Fsp3) is 0.182. The molecule has 1 rings (SSSR count). The second-order valence-electron chi connectivity index (χ2n) is 5.22. The molecule has 0 bridgehead atoms. The van der Waals surface area contributed by atoms with E-state index in [9.17, 15) is 0 Å². The molecule has 0 aromatic heterocycles. The predicted molar refractivity (Wildman–Crippen MR) is 117 cm³/mol. The smallest absolute Gasteiger partial charge is 0.0255 e. The highest BCUT2D eigenvalue weighted by Crippen LogP contribution is 2.21. The van der Waals surface area contributed by atoms with Crippen LogP contribution in [0.25, 0.3) is 0 Å². The standard InChI is InChI=1S/C22H14.12H2/c1-5-6-7-8-9-10-11-12-13-14-15-20-16-18-21(19-17-20)22(2,3)4;;;;;;;;;;;;/h1,16-19H,2-4H3;12*1H. The first-order chi connectivity index (χ1) is 10.5. The highest BCUT2D eigenvalue weighted by molar-refractivity contribution is 5.46. The van der Waals surface area contributed by atoms with E-state index in [4.69, 9.17) is 6.42 Å². The Morgan fingerprint density at radius 2 is 1.18 bits per heavy atom. The Labute approximate surface area is 151 Å². The zero-order chi connectivity index (χ0) is 16.3. The van der Waals surface area contributed by atoms with Crippen molar-refractivity contribution in [1.82, 2.24) is 0 Å². The number of hydrogen-bond donors (Lipinski definition) is 0. The lowest BCUT2D eigenvalue weighted by Crippen LogP contribution is -2.10. The average Bonchev–Trinajstić information content (AvgIpc) is 2.49. The van der Waals surface area contributed by atoms with Crippen molar-refractivity contribution >= 4 is 0 Å².